The van der Waals surface area contributed by atoms with Gasteiger partial charge in [0, 0.05) is 36.1 Å². The summed E-state index contributed by atoms with van der Waals surface area (Å²) in [7, 11) is -1.02. The lowest BCUT2D eigenvalue weighted by atomic mass is 10.2. The molecule has 2 aromatic rings. The molecule has 0 radical (unpaired) electrons. The number of rotatable bonds is 6. The van der Waals surface area contributed by atoms with E-state index in [9.17, 15) is 0 Å². The second-order valence-corrected chi connectivity index (χ2v) is 13.3. The van der Waals surface area contributed by atoms with Crippen LogP contribution < -0.4 is 0 Å². The van der Waals surface area contributed by atoms with Crippen molar-refractivity contribution in [1.82, 2.24) is 9.78 Å². The van der Waals surface area contributed by atoms with E-state index in [-0.39, 0.29) is 0 Å². The third kappa shape index (κ3) is 4.41. The van der Waals surface area contributed by atoms with Gasteiger partial charge in [0.05, 0.1) is 5.52 Å². The molecule has 20 heavy (non-hydrogen) atoms. The van der Waals surface area contributed by atoms with E-state index < -0.39 is 8.07 Å². The summed E-state index contributed by atoms with van der Waals surface area (Å²) in [6, 6.07) is 5.37. The maximum Gasteiger partial charge on any atom is 0.139 e. The van der Waals surface area contributed by atoms with Gasteiger partial charge in [-0.2, -0.15) is 5.10 Å². The molecule has 0 N–H and O–H groups in total. The van der Waals surface area contributed by atoms with Gasteiger partial charge in [-0.15, -0.1) is 0 Å². The minimum absolute atomic E-state index is 0.526. The summed E-state index contributed by atoms with van der Waals surface area (Å²) >= 11 is 7.05. The zero-order valence-electron chi connectivity index (χ0n) is 12.1. The standard InChI is InChI=1S/C14H20Br2N2OSi/c1-20(2,3)5-4-19-10-18-9-12-7-13(16)6-11(8-15)14(12)17-18/h6-7,9H,4-5,8,10H2,1-3H3. The Morgan fingerprint density at radius 2 is 2.05 bits per heavy atom. The van der Waals surface area contributed by atoms with Gasteiger partial charge in [0.2, 0.25) is 0 Å². The summed E-state index contributed by atoms with van der Waals surface area (Å²) in [6.45, 7) is 8.43. The fourth-order valence-electron chi connectivity index (χ4n) is 1.92. The lowest BCUT2D eigenvalue weighted by molar-refractivity contribution is 0.0791. The average molecular weight is 420 g/mol. The van der Waals surface area contributed by atoms with Gasteiger partial charge in [-0.3, -0.25) is 0 Å². The third-order valence-corrected chi connectivity index (χ3v) is 5.83. The van der Waals surface area contributed by atoms with Crippen molar-refractivity contribution in [2.45, 2.75) is 37.7 Å². The molecule has 0 atom stereocenters. The minimum atomic E-state index is -1.02. The Bertz CT molecular complexity index is 593. The van der Waals surface area contributed by atoms with E-state index in [1.807, 2.05) is 10.9 Å². The molecule has 6 heteroatoms. The normalized spacial score (nSPS) is 12.2. The Kier molecular flexibility index (Phi) is 5.45. The molecular formula is C14H20Br2N2OSi. The zero-order chi connectivity index (χ0) is 14.8. The molecule has 0 spiro atoms. The summed E-state index contributed by atoms with van der Waals surface area (Å²) in [5, 5.41) is 6.55. The third-order valence-electron chi connectivity index (χ3n) is 3.06. The molecule has 0 saturated heterocycles. The van der Waals surface area contributed by atoms with Crippen molar-refractivity contribution < 1.29 is 4.74 Å². The zero-order valence-corrected chi connectivity index (χ0v) is 16.3. The number of nitrogens with zero attached hydrogens (tertiary/aromatic N) is 2. The molecule has 0 aliphatic carbocycles. The fourth-order valence-corrected chi connectivity index (χ4v) is 3.63. The van der Waals surface area contributed by atoms with E-state index in [4.69, 9.17) is 4.74 Å². The van der Waals surface area contributed by atoms with Crippen molar-refractivity contribution in [3.8, 4) is 0 Å². The van der Waals surface area contributed by atoms with Crippen LogP contribution in [0.4, 0.5) is 0 Å². The minimum Gasteiger partial charge on any atom is -0.360 e. The van der Waals surface area contributed by atoms with Gasteiger partial charge >= 0.3 is 0 Å². The van der Waals surface area contributed by atoms with Gasteiger partial charge in [-0.25, -0.2) is 4.68 Å². The monoisotopic (exact) mass is 418 g/mol. The van der Waals surface area contributed by atoms with Gasteiger partial charge in [0.15, 0.2) is 0 Å². The average Bonchev–Trinajstić information content (AvgIpc) is 2.75. The van der Waals surface area contributed by atoms with E-state index in [2.05, 4.69) is 68.7 Å². The first-order valence-corrected chi connectivity index (χ1v) is 12.3. The molecule has 0 aliphatic rings. The van der Waals surface area contributed by atoms with Crippen molar-refractivity contribution in [3.05, 3.63) is 28.4 Å². The molecule has 0 amide bonds. The number of halogens is 2. The van der Waals surface area contributed by atoms with Gasteiger partial charge in [-0.1, -0.05) is 51.5 Å². The smallest absolute Gasteiger partial charge is 0.139 e. The highest BCUT2D eigenvalue weighted by Gasteiger charge is 2.12. The summed E-state index contributed by atoms with van der Waals surface area (Å²) in [4.78, 5) is 0. The van der Waals surface area contributed by atoms with Crippen molar-refractivity contribution in [2.24, 2.45) is 0 Å². The number of ether oxygens (including phenoxy) is 1. The first-order chi connectivity index (χ1) is 9.39. The molecule has 0 unspecified atom stereocenters. The van der Waals surface area contributed by atoms with E-state index in [1.54, 1.807) is 0 Å². The SMILES string of the molecule is C[Si](C)(C)CCOCn1cc2cc(Br)cc(CBr)c2n1. The Morgan fingerprint density at radius 1 is 1.30 bits per heavy atom. The maximum absolute atomic E-state index is 5.74. The summed E-state index contributed by atoms with van der Waals surface area (Å²) in [5.74, 6) is 0. The van der Waals surface area contributed by atoms with Crippen molar-refractivity contribution in [2.75, 3.05) is 6.61 Å². The lowest BCUT2D eigenvalue weighted by Gasteiger charge is -2.15. The highest BCUT2D eigenvalue weighted by molar-refractivity contribution is 9.10. The van der Waals surface area contributed by atoms with Crippen LogP contribution in [0.1, 0.15) is 5.56 Å². The van der Waals surface area contributed by atoms with E-state index >= 15 is 0 Å². The number of hydrogen-bond donors (Lipinski definition) is 0. The summed E-state index contributed by atoms with van der Waals surface area (Å²) in [5.41, 5.74) is 2.23. The first-order valence-electron chi connectivity index (χ1n) is 6.68. The topological polar surface area (TPSA) is 27.1 Å². The Labute approximate surface area is 138 Å². The molecule has 0 aliphatic heterocycles. The first kappa shape index (κ1) is 16.2. The van der Waals surface area contributed by atoms with Crippen LogP contribution in [-0.4, -0.2) is 24.5 Å². The Hall–Kier alpha value is -0.173. The number of hydrogen-bond acceptors (Lipinski definition) is 2. The number of fused-ring (bicyclic) bond motifs is 1. The molecule has 0 fully saturated rings. The lowest BCUT2D eigenvalue weighted by Crippen LogP contribution is -2.22. The number of benzene rings is 1. The van der Waals surface area contributed by atoms with Gasteiger partial charge < -0.3 is 4.74 Å². The van der Waals surface area contributed by atoms with Crippen molar-refractivity contribution in [1.29, 1.82) is 0 Å². The number of aromatic nitrogens is 2. The van der Waals surface area contributed by atoms with Crippen LogP contribution in [0.5, 0.6) is 0 Å². The Morgan fingerprint density at radius 3 is 2.70 bits per heavy atom. The fraction of sp³-hybridized carbons (Fsp3) is 0.500. The molecule has 110 valence electrons. The highest BCUT2D eigenvalue weighted by Crippen LogP contribution is 2.25. The maximum atomic E-state index is 5.74. The second-order valence-electron chi connectivity index (χ2n) is 6.15. The largest absolute Gasteiger partial charge is 0.360 e. The van der Waals surface area contributed by atoms with Gasteiger partial charge in [-0.05, 0) is 23.7 Å². The predicted molar refractivity (Wildman–Crippen MR) is 94.2 cm³/mol. The van der Waals surface area contributed by atoms with Gasteiger partial charge in [0.1, 0.15) is 6.73 Å². The molecule has 0 bridgehead atoms. The quantitative estimate of drug-likeness (QED) is 0.374. The highest BCUT2D eigenvalue weighted by atomic mass is 79.9. The molecule has 0 saturated carbocycles. The van der Waals surface area contributed by atoms with E-state index in [0.29, 0.717) is 6.73 Å². The molecule has 3 nitrogen and oxygen atoms in total. The molecule has 1 aromatic heterocycles. The van der Waals surface area contributed by atoms with Crippen LogP contribution in [0.15, 0.2) is 22.8 Å². The van der Waals surface area contributed by atoms with Crippen LogP contribution in [0.2, 0.25) is 25.7 Å². The predicted octanol–water partition coefficient (Wildman–Crippen LogP) is 5.01. The van der Waals surface area contributed by atoms with Crippen LogP contribution in [0.25, 0.3) is 10.9 Å². The molecule has 1 aromatic carbocycles. The molecule has 1 heterocycles. The van der Waals surface area contributed by atoms with Crippen LogP contribution >= 0.6 is 31.9 Å². The summed E-state index contributed by atoms with van der Waals surface area (Å²) in [6.07, 6.45) is 2.04. The van der Waals surface area contributed by atoms with Crippen molar-refractivity contribution >= 4 is 50.8 Å². The second kappa shape index (κ2) is 6.73. The van der Waals surface area contributed by atoms with E-state index in [1.165, 1.54) is 11.6 Å². The van der Waals surface area contributed by atoms with Crippen LogP contribution in [0, 0.1) is 0 Å². The van der Waals surface area contributed by atoms with Crippen molar-refractivity contribution in [3.63, 3.8) is 0 Å². The molecule has 2 rings (SSSR count). The molecular weight excluding hydrogens is 400 g/mol. The van der Waals surface area contributed by atoms with E-state index in [0.717, 1.165) is 27.3 Å². The Balaban J connectivity index is 2.05. The van der Waals surface area contributed by atoms with Gasteiger partial charge in [0.25, 0.3) is 0 Å². The van der Waals surface area contributed by atoms with Crippen LogP contribution in [-0.2, 0) is 16.8 Å². The number of alkyl halides is 1. The summed E-state index contributed by atoms with van der Waals surface area (Å²) < 4.78 is 8.71. The van der Waals surface area contributed by atoms with Crippen LogP contribution in [0.3, 0.4) is 0 Å².